The number of benzene rings is 3. The van der Waals surface area contributed by atoms with Crippen molar-refractivity contribution in [3.63, 3.8) is 0 Å². The highest BCUT2D eigenvalue weighted by Crippen LogP contribution is 2.33. The van der Waals surface area contributed by atoms with E-state index in [0.29, 0.717) is 16.6 Å². The van der Waals surface area contributed by atoms with Crippen LogP contribution in [0.25, 0.3) is 16.6 Å². The van der Waals surface area contributed by atoms with Gasteiger partial charge in [0, 0.05) is 5.56 Å². The van der Waals surface area contributed by atoms with Crippen molar-refractivity contribution in [2.24, 2.45) is 0 Å². The Bertz CT molecular complexity index is 1520. The maximum atomic E-state index is 13.5. The number of aliphatic hydroxyl groups excluding tert-OH is 1. The van der Waals surface area contributed by atoms with Crippen LogP contribution in [0.4, 0.5) is 13.2 Å². The van der Waals surface area contributed by atoms with Gasteiger partial charge in [-0.2, -0.15) is 13.2 Å². The Balaban J connectivity index is 1.95. The van der Waals surface area contributed by atoms with E-state index in [0.717, 1.165) is 16.7 Å². The highest BCUT2D eigenvalue weighted by molar-refractivity contribution is 5.96. The number of hydrogen-bond donors (Lipinski definition) is 1. The van der Waals surface area contributed by atoms with E-state index in [1.807, 2.05) is 0 Å². The van der Waals surface area contributed by atoms with Crippen molar-refractivity contribution in [1.82, 2.24) is 9.13 Å². The fourth-order valence-corrected chi connectivity index (χ4v) is 3.93. The minimum absolute atomic E-state index is 0.00519. The molecule has 1 N–H and O–H groups in total. The summed E-state index contributed by atoms with van der Waals surface area (Å²) >= 11 is 0. The van der Waals surface area contributed by atoms with E-state index in [9.17, 15) is 27.6 Å². The number of Topliss-reactive ketones (excluding diaryl/α,β-unsaturated/α-hetero) is 1. The normalized spacial score (nSPS) is 11.7. The van der Waals surface area contributed by atoms with Crippen molar-refractivity contribution in [1.29, 1.82) is 0 Å². The fourth-order valence-electron chi connectivity index (χ4n) is 3.93. The number of ketones is 1. The summed E-state index contributed by atoms with van der Waals surface area (Å²) in [5.41, 5.74) is -1.57. The van der Waals surface area contributed by atoms with Crippen LogP contribution in [0.1, 0.15) is 27.0 Å². The summed E-state index contributed by atoms with van der Waals surface area (Å²) in [6.07, 6.45) is -4.65. The van der Waals surface area contributed by atoms with Gasteiger partial charge in [-0.15, -0.1) is 0 Å². The van der Waals surface area contributed by atoms with Crippen LogP contribution in [0.3, 0.4) is 0 Å². The fraction of sp³-hybridized carbons (Fsp3) is 0.160. The number of alkyl halides is 3. The molecule has 1 heterocycles. The maximum Gasteiger partial charge on any atom is 0.416 e. The largest absolute Gasteiger partial charge is 0.416 e. The van der Waals surface area contributed by atoms with Gasteiger partial charge in [-0.25, -0.2) is 9.36 Å². The molecule has 0 amide bonds. The zero-order valence-corrected chi connectivity index (χ0v) is 18.0. The van der Waals surface area contributed by atoms with E-state index in [-0.39, 0.29) is 23.2 Å². The van der Waals surface area contributed by atoms with Gasteiger partial charge in [0.15, 0.2) is 5.78 Å². The lowest BCUT2D eigenvalue weighted by molar-refractivity contribution is -0.138. The van der Waals surface area contributed by atoms with E-state index < -0.39 is 35.4 Å². The number of nitrogens with zero attached hydrogens (tertiary/aromatic N) is 2. The molecule has 4 rings (SSSR count). The summed E-state index contributed by atoms with van der Waals surface area (Å²) < 4.78 is 42.5. The van der Waals surface area contributed by atoms with Crippen molar-refractivity contribution >= 4 is 16.7 Å². The van der Waals surface area contributed by atoms with Crippen molar-refractivity contribution in [3.8, 4) is 5.69 Å². The highest BCUT2D eigenvalue weighted by Gasteiger charge is 2.33. The molecule has 174 valence electrons. The monoisotopic (exact) mass is 468 g/mol. The van der Waals surface area contributed by atoms with Crippen LogP contribution in [-0.4, -0.2) is 26.6 Å². The summed E-state index contributed by atoms with van der Waals surface area (Å²) in [6, 6.07) is 16.0. The van der Waals surface area contributed by atoms with Crippen LogP contribution in [0.15, 0.2) is 76.3 Å². The van der Waals surface area contributed by atoms with Gasteiger partial charge in [0.2, 0.25) is 0 Å². The Morgan fingerprint density at radius 1 is 0.941 bits per heavy atom. The average molecular weight is 468 g/mol. The number of halogens is 3. The first-order valence-corrected chi connectivity index (χ1v) is 10.3. The molecule has 3 aromatic carbocycles. The molecule has 0 saturated heterocycles. The molecule has 0 atom stereocenters. The molecule has 0 bridgehead atoms. The second-order valence-corrected chi connectivity index (χ2v) is 7.75. The molecule has 0 aliphatic carbocycles. The van der Waals surface area contributed by atoms with Gasteiger partial charge in [0.1, 0.15) is 6.61 Å². The second kappa shape index (κ2) is 8.75. The number of carbonyl (C=O) groups is 1. The number of hydrogen-bond acceptors (Lipinski definition) is 4. The molecule has 1 aromatic heterocycles. The first-order chi connectivity index (χ1) is 16.1. The minimum Gasteiger partial charge on any atom is -0.388 e. The van der Waals surface area contributed by atoms with Gasteiger partial charge in [0.05, 0.1) is 28.7 Å². The van der Waals surface area contributed by atoms with Crippen LogP contribution in [0.2, 0.25) is 0 Å². The molecular weight excluding hydrogens is 449 g/mol. The molecule has 0 aliphatic rings. The quantitative estimate of drug-likeness (QED) is 0.453. The number of aliphatic hydroxyl groups is 1. The van der Waals surface area contributed by atoms with Gasteiger partial charge in [-0.1, -0.05) is 42.5 Å². The predicted octanol–water partition coefficient (Wildman–Crippen LogP) is 3.70. The second-order valence-electron chi connectivity index (χ2n) is 7.75. The minimum atomic E-state index is -4.65. The molecule has 6 nitrogen and oxygen atoms in total. The highest BCUT2D eigenvalue weighted by atomic mass is 19.4. The topological polar surface area (TPSA) is 81.3 Å². The molecule has 0 saturated carbocycles. The zero-order valence-electron chi connectivity index (χ0n) is 18.0. The first-order valence-electron chi connectivity index (χ1n) is 10.3. The molecule has 9 heteroatoms. The maximum absolute atomic E-state index is 13.5. The molecule has 0 spiro atoms. The lowest BCUT2D eigenvalue weighted by Crippen LogP contribution is -2.39. The smallest absolute Gasteiger partial charge is 0.388 e. The van der Waals surface area contributed by atoms with Crippen LogP contribution in [0.5, 0.6) is 0 Å². The van der Waals surface area contributed by atoms with Crippen molar-refractivity contribution in [2.75, 3.05) is 6.61 Å². The molecular formula is C25H19F3N2O4. The van der Waals surface area contributed by atoms with E-state index in [1.165, 1.54) is 35.8 Å². The van der Waals surface area contributed by atoms with E-state index in [2.05, 4.69) is 0 Å². The van der Waals surface area contributed by atoms with Crippen LogP contribution >= 0.6 is 0 Å². The Morgan fingerprint density at radius 3 is 2.26 bits per heavy atom. The van der Waals surface area contributed by atoms with Gasteiger partial charge >= 0.3 is 11.9 Å². The van der Waals surface area contributed by atoms with Crippen molar-refractivity contribution in [3.05, 3.63) is 110 Å². The number of rotatable bonds is 5. The number of carbonyl (C=O) groups excluding carboxylic acids is 1. The number of para-hydroxylation sites is 1. The summed E-state index contributed by atoms with van der Waals surface area (Å²) in [5, 5.41) is 9.18. The first kappa shape index (κ1) is 23.2. The van der Waals surface area contributed by atoms with E-state index >= 15 is 0 Å². The van der Waals surface area contributed by atoms with Gasteiger partial charge in [0.25, 0.3) is 5.56 Å². The number of aromatic nitrogens is 2. The van der Waals surface area contributed by atoms with Crippen LogP contribution in [-0.2, 0) is 12.7 Å². The Hall–Kier alpha value is -3.98. The third-order valence-electron chi connectivity index (χ3n) is 5.66. The Labute approximate surface area is 191 Å². The van der Waals surface area contributed by atoms with Crippen LogP contribution in [0, 0.1) is 6.92 Å². The standard InChI is InChI=1S/C25H19F3N2O4/c1-15-19(25(26,27)28)6-4-8-20(15)30-23(33)18-5-2-3-7-21(18)29(24(30)34)13-16-9-11-17(12-10-16)22(32)14-31/h2-12,31H,13-14H2,1H3. The molecule has 34 heavy (non-hydrogen) atoms. The van der Waals surface area contributed by atoms with Crippen LogP contribution < -0.4 is 11.2 Å². The average Bonchev–Trinajstić information content (AvgIpc) is 2.82. The van der Waals surface area contributed by atoms with Crippen molar-refractivity contribution < 1.29 is 23.1 Å². The SMILES string of the molecule is Cc1c(-n2c(=O)c3ccccc3n(Cc3ccc(C(=O)CO)cc3)c2=O)cccc1C(F)(F)F. The lowest BCUT2D eigenvalue weighted by Gasteiger charge is -2.18. The third-order valence-corrected chi connectivity index (χ3v) is 5.66. The lowest BCUT2D eigenvalue weighted by atomic mass is 10.1. The summed E-state index contributed by atoms with van der Waals surface area (Å²) in [5.74, 6) is -0.456. The molecule has 4 aromatic rings. The Morgan fingerprint density at radius 2 is 1.62 bits per heavy atom. The Kier molecular flexibility index (Phi) is 5.97. The van der Waals surface area contributed by atoms with Gasteiger partial charge < -0.3 is 5.11 Å². The summed E-state index contributed by atoms with van der Waals surface area (Å²) in [6.45, 7) is 0.594. The molecule has 0 radical (unpaired) electrons. The summed E-state index contributed by atoms with van der Waals surface area (Å²) in [4.78, 5) is 38.4. The number of fused-ring (bicyclic) bond motifs is 1. The third kappa shape index (κ3) is 4.06. The van der Waals surface area contributed by atoms with E-state index in [4.69, 9.17) is 5.11 Å². The van der Waals surface area contributed by atoms with Gasteiger partial charge in [-0.3, -0.25) is 14.2 Å². The molecule has 0 aliphatic heterocycles. The van der Waals surface area contributed by atoms with Gasteiger partial charge in [-0.05, 0) is 42.3 Å². The summed E-state index contributed by atoms with van der Waals surface area (Å²) in [7, 11) is 0. The predicted molar refractivity (Wildman–Crippen MR) is 121 cm³/mol. The van der Waals surface area contributed by atoms with E-state index in [1.54, 1.807) is 30.3 Å². The van der Waals surface area contributed by atoms with Crippen molar-refractivity contribution in [2.45, 2.75) is 19.6 Å². The molecule has 0 unspecified atom stereocenters. The zero-order chi connectivity index (χ0) is 24.6. The molecule has 0 fully saturated rings.